The van der Waals surface area contributed by atoms with Crippen molar-refractivity contribution in [2.24, 2.45) is 5.41 Å². The first-order valence-electron chi connectivity index (χ1n) is 12.8. The average Bonchev–Trinajstić information content (AvgIpc) is 3.49. The lowest BCUT2D eigenvalue weighted by Crippen LogP contribution is -2.45. The first kappa shape index (κ1) is 23.3. The zero-order chi connectivity index (χ0) is 25.9. The average molecular weight is 529 g/mol. The van der Waals surface area contributed by atoms with Crippen LogP contribution in [-0.2, 0) is 4.74 Å². The third-order valence-electron chi connectivity index (χ3n) is 7.99. The third-order valence-corrected chi connectivity index (χ3v) is 8.30. The first-order chi connectivity index (χ1) is 18.5. The summed E-state index contributed by atoms with van der Waals surface area (Å²) in [5, 5.41) is 4.66. The number of halogens is 1. The molecule has 8 nitrogen and oxygen atoms in total. The fraction of sp³-hybridized carbons (Fsp3) is 0.276. The topological polar surface area (TPSA) is 102 Å². The van der Waals surface area contributed by atoms with Crippen molar-refractivity contribution in [3.05, 3.63) is 87.4 Å². The molecule has 2 N–H and O–H groups in total. The van der Waals surface area contributed by atoms with Gasteiger partial charge < -0.3 is 14.5 Å². The molecule has 5 aromatic rings. The number of ketones is 1. The summed E-state index contributed by atoms with van der Waals surface area (Å²) in [7, 11) is 0. The Morgan fingerprint density at radius 2 is 1.87 bits per heavy atom. The molecule has 1 saturated carbocycles. The van der Waals surface area contributed by atoms with Crippen LogP contribution >= 0.6 is 11.6 Å². The van der Waals surface area contributed by atoms with Crippen molar-refractivity contribution in [2.75, 3.05) is 13.2 Å². The first-order valence-corrected chi connectivity index (χ1v) is 13.1. The van der Waals surface area contributed by atoms with Crippen LogP contribution in [-0.4, -0.2) is 38.7 Å². The quantitative estimate of drug-likeness (QED) is 0.272. The van der Waals surface area contributed by atoms with E-state index in [1.807, 2.05) is 30.3 Å². The minimum atomic E-state index is -0.264. The second-order valence-electron chi connectivity index (χ2n) is 10.4. The maximum absolute atomic E-state index is 13.7. The van der Waals surface area contributed by atoms with Crippen LogP contribution in [0.4, 0.5) is 0 Å². The van der Waals surface area contributed by atoms with Gasteiger partial charge in [0.1, 0.15) is 17.1 Å². The van der Waals surface area contributed by atoms with E-state index in [9.17, 15) is 9.59 Å². The highest BCUT2D eigenvalue weighted by Gasteiger charge is 2.42. The Kier molecular flexibility index (Phi) is 5.42. The van der Waals surface area contributed by atoms with Crippen LogP contribution in [0.5, 0.6) is 11.5 Å². The second-order valence-corrected chi connectivity index (χ2v) is 10.8. The number of pyridine rings is 1. The molecule has 192 valence electrons. The number of nitrogens with zero attached hydrogens (tertiary/aromatic N) is 2. The predicted octanol–water partition coefficient (Wildman–Crippen LogP) is 6.01. The van der Waals surface area contributed by atoms with Gasteiger partial charge in [0.25, 0.3) is 5.56 Å². The summed E-state index contributed by atoms with van der Waals surface area (Å²) < 4.78 is 13.0. The van der Waals surface area contributed by atoms with Gasteiger partial charge in [-0.3, -0.25) is 14.7 Å². The molecule has 9 heteroatoms. The highest BCUT2D eigenvalue weighted by Crippen LogP contribution is 2.45. The molecular weight excluding hydrogens is 504 g/mol. The van der Waals surface area contributed by atoms with Gasteiger partial charge in [-0.1, -0.05) is 29.8 Å². The summed E-state index contributed by atoms with van der Waals surface area (Å²) in [5.74, 6) is 0.945. The number of aromatic amines is 2. The van der Waals surface area contributed by atoms with E-state index in [2.05, 4.69) is 15.1 Å². The molecule has 0 atom stereocenters. The van der Waals surface area contributed by atoms with Gasteiger partial charge in [0.05, 0.1) is 46.1 Å². The van der Waals surface area contributed by atoms with Gasteiger partial charge in [-0.25, -0.2) is 9.67 Å². The summed E-state index contributed by atoms with van der Waals surface area (Å²) in [4.78, 5) is 34.6. The van der Waals surface area contributed by atoms with Crippen molar-refractivity contribution in [3.63, 3.8) is 0 Å². The van der Waals surface area contributed by atoms with Gasteiger partial charge in [0.15, 0.2) is 5.78 Å². The summed E-state index contributed by atoms with van der Waals surface area (Å²) in [6.07, 6.45) is 7.12. The number of fused-ring (bicyclic) bond motifs is 3. The molecule has 0 amide bonds. The van der Waals surface area contributed by atoms with E-state index in [0.717, 1.165) is 38.9 Å². The molecule has 2 fully saturated rings. The van der Waals surface area contributed by atoms with Crippen LogP contribution < -0.4 is 10.3 Å². The van der Waals surface area contributed by atoms with Gasteiger partial charge in [0, 0.05) is 29.4 Å². The third kappa shape index (κ3) is 3.75. The molecule has 2 aromatic carbocycles. The maximum atomic E-state index is 13.7. The van der Waals surface area contributed by atoms with Crippen molar-refractivity contribution >= 4 is 39.3 Å². The van der Waals surface area contributed by atoms with Crippen molar-refractivity contribution < 1.29 is 14.3 Å². The van der Waals surface area contributed by atoms with Crippen LogP contribution in [0.3, 0.4) is 0 Å². The predicted molar refractivity (Wildman–Crippen MR) is 144 cm³/mol. The molecule has 0 unspecified atom stereocenters. The smallest absolute Gasteiger partial charge is 0.276 e. The number of ether oxygens (including phenoxy) is 2. The number of para-hydroxylation sites is 1. The van der Waals surface area contributed by atoms with E-state index in [4.69, 9.17) is 21.1 Å². The Bertz CT molecular complexity index is 1740. The fourth-order valence-corrected chi connectivity index (χ4v) is 6.03. The van der Waals surface area contributed by atoms with Gasteiger partial charge in [-0.15, -0.1) is 0 Å². The summed E-state index contributed by atoms with van der Waals surface area (Å²) in [5.41, 5.74) is 2.06. The zero-order valence-corrected chi connectivity index (χ0v) is 21.3. The van der Waals surface area contributed by atoms with Crippen molar-refractivity contribution in [3.8, 4) is 11.5 Å². The summed E-state index contributed by atoms with van der Waals surface area (Å²) in [6.45, 7) is 1.64. The highest BCUT2D eigenvalue weighted by atomic mass is 35.5. The normalized spacial score (nSPS) is 17.2. The van der Waals surface area contributed by atoms with E-state index in [-0.39, 0.29) is 22.4 Å². The Hall–Kier alpha value is -3.88. The highest BCUT2D eigenvalue weighted by molar-refractivity contribution is 6.36. The number of carbonyl (C=O) groups is 1. The molecule has 1 saturated heterocycles. The molecule has 1 aliphatic carbocycles. The van der Waals surface area contributed by atoms with Gasteiger partial charge in [0.2, 0.25) is 0 Å². The number of H-pyrrole nitrogens is 2. The molecule has 1 spiro atoms. The van der Waals surface area contributed by atoms with Gasteiger partial charge >= 0.3 is 0 Å². The van der Waals surface area contributed by atoms with Crippen LogP contribution in [0, 0.1) is 5.41 Å². The van der Waals surface area contributed by atoms with Crippen LogP contribution in [0.15, 0.2) is 65.7 Å². The number of rotatable bonds is 5. The molecule has 0 bridgehead atoms. The maximum Gasteiger partial charge on any atom is 0.276 e. The van der Waals surface area contributed by atoms with Crippen LogP contribution in [0.25, 0.3) is 21.9 Å². The molecule has 0 radical (unpaired) electrons. The van der Waals surface area contributed by atoms with E-state index >= 15 is 0 Å². The van der Waals surface area contributed by atoms with E-state index in [1.54, 1.807) is 35.3 Å². The fourth-order valence-electron chi connectivity index (χ4n) is 5.78. The van der Waals surface area contributed by atoms with Gasteiger partial charge in [-0.2, -0.15) is 0 Å². The van der Waals surface area contributed by atoms with E-state index < -0.39 is 0 Å². The molecule has 2 aliphatic rings. The number of benzene rings is 2. The minimum absolute atomic E-state index is 0.0841. The summed E-state index contributed by atoms with van der Waals surface area (Å²) >= 11 is 6.55. The molecule has 7 rings (SSSR count). The Morgan fingerprint density at radius 3 is 2.58 bits per heavy atom. The molecule has 38 heavy (non-hydrogen) atoms. The Labute approximate surface area is 222 Å². The second kappa shape index (κ2) is 8.85. The van der Waals surface area contributed by atoms with Crippen molar-refractivity contribution in [1.29, 1.82) is 0 Å². The number of hydrogen-bond donors (Lipinski definition) is 2. The lowest BCUT2D eigenvalue weighted by Gasteiger charge is -2.46. The lowest BCUT2D eigenvalue weighted by molar-refractivity contribution is -0.135. The SMILES string of the molecule is O=C(c1ccc(Oc2ccccc2)cc1Cl)c1c[nH]c2ncc3c(=O)n(C4CCC5(CC4)COC5)[nH]c3c12. The van der Waals surface area contributed by atoms with Gasteiger partial charge in [-0.05, 0) is 49.9 Å². The number of carbonyl (C=O) groups excluding carboxylic acids is 1. The Balaban J connectivity index is 1.23. The number of hydrogen-bond acceptors (Lipinski definition) is 5. The largest absolute Gasteiger partial charge is 0.457 e. The molecule has 4 heterocycles. The van der Waals surface area contributed by atoms with E-state index in [0.29, 0.717) is 50.0 Å². The number of nitrogens with one attached hydrogen (secondary N) is 2. The standard InChI is InChI=1S/C29H25ClN4O4/c30-23-12-19(38-18-4-2-1-3-5-18)6-7-20(23)26(35)21-13-31-27-24(21)25-22(14-32-27)28(36)34(33-25)17-8-10-29(11-9-17)15-37-16-29/h1-7,12-14,17,33H,8-11,15-16H2,(H,31,32). The molecular formula is C29H25ClN4O4. The van der Waals surface area contributed by atoms with Crippen LogP contribution in [0.1, 0.15) is 47.6 Å². The molecule has 1 aliphatic heterocycles. The summed E-state index contributed by atoms with van der Waals surface area (Å²) in [6, 6.07) is 14.5. The minimum Gasteiger partial charge on any atom is -0.457 e. The monoisotopic (exact) mass is 528 g/mol. The zero-order valence-electron chi connectivity index (χ0n) is 20.5. The van der Waals surface area contributed by atoms with Crippen molar-refractivity contribution in [2.45, 2.75) is 31.7 Å². The van der Waals surface area contributed by atoms with Crippen LogP contribution in [0.2, 0.25) is 5.02 Å². The Morgan fingerprint density at radius 1 is 1.08 bits per heavy atom. The van der Waals surface area contributed by atoms with Crippen molar-refractivity contribution in [1.82, 2.24) is 19.7 Å². The van der Waals surface area contributed by atoms with E-state index in [1.165, 1.54) is 0 Å². The lowest BCUT2D eigenvalue weighted by atomic mass is 9.71. The number of aromatic nitrogens is 4. The molecule has 3 aromatic heterocycles.